The zero-order chi connectivity index (χ0) is 19.2. The summed E-state index contributed by atoms with van der Waals surface area (Å²) in [6.45, 7) is 5.67. The molecule has 1 amide bonds. The Kier molecular flexibility index (Phi) is 7.61. The number of amides is 1. The lowest BCUT2D eigenvalue weighted by Crippen LogP contribution is -2.41. The van der Waals surface area contributed by atoms with Crippen LogP contribution >= 0.6 is 0 Å². The van der Waals surface area contributed by atoms with Gasteiger partial charge in [-0.15, -0.1) is 0 Å². The minimum absolute atomic E-state index is 0.0372. The average molecular weight is 383 g/mol. The second kappa shape index (κ2) is 9.48. The normalized spacial score (nSPS) is 17.8. The largest absolute Gasteiger partial charge is 0.377 e. The number of rotatable bonds is 9. The predicted octanol–water partition coefficient (Wildman–Crippen LogP) is 2.25. The minimum atomic E-state index is -3.37. The summed E-state index contributed by atoms with van der Waals surface area (Å²) in [6.07, 6.45) is 3.12. The van der Waals surface area contributed by atoms with Crippen LogP contribution in [0.25, 0.3) is 0 Å². The Morgan fingerprint density at radius 1 is 1.27 bits per heavy atom. The molecule has 1 aromatic rings. The van der Waals surface area contributed by atoms with Gasteiger partial charge in [-0.25, -0.2) is 8.42 Å². The SMILES string of the molecule is CC(C)N(Cc1ccccc1)C(=O)CCN(CC1CCCO1)S(C)(=O)=O. The molecule has 0 bridgehead atoms. The Morgan fingerprint density at radius 2 is 1.96 bits per heavy atom. The summed E-state index contributed by atoms with van der Waals surface area (Å²) < 4.78 is 31.1. The smallest absolute Gasteiger partial charge is 0.224 e. The summed E-state index contributed by atoms with van der Waals surface area (Å²) in [5.74, 6) is -0.0372. The van der Waals surface area contributed by atoms with Crippen LogP contribution in [-0.4, -0.2) is 61.6 Å². The molecule has 0 N–H and O–H groups in total. The highest BCUT2D eigenvalue weighted by atomic mass is 32.2. The van der Waals surface area contributed by atoms with Crippen LogP contribution in [0.4, 0.5) is 0 Å². The van der Waals surface area contributed by atoms with E-state index in [0.29, 0.717) is 19.7 Å². The third kappa shape index (κ3) is 6.37. The fourth-order valence-corrected chi connectivity index (χ4v) is 3.97. The number of carbonyl (C=O) groups excluding carboxylic acids is 1. The van der Waals surface area contributed by atoms with E-state index in [-0.39, 0.29) is 31.0 Å². The highest BCUT2D eigenvalue weighted by Crippen LogP contribution is 2.16. The van der Waals surface area contributed by atoms with Gasteiger partial charge in [0.1, 0.15) is 0 Å². The summed E-state index contributed by atoms with van der Waals surface area (Å²) in [6, 6.07) is 9.87. The third-order valence-corrected chi connectivity index (χ3v) is 5.88. The monoisotopic (exact) mass is 382 g/mol. The first-order valence-electron chi connectivity index (χ1n) is 9.17. The van der Waals surface area contributed by atoms with Gasteiger partial charge >= 0.3 is 0 Å². The lowest BCUT2D eigenvalue weighted by Gasteiger charge is -2.29. The van der Waals surface area contributed by atoms with Gasteiger partial charge in [0.2, 0.25) is 15.9 Å². The summed E-state index contributed by atoms with van der Waals surface area (Å²) in [7, 11) is -3.37. The Balaban J connectivity index is 1.97. The van der Waals surface area contributed by atoms with Crippen LogP contribution < -0.4 is 0 Å². The number of ether oxygens (including phenoxy) is 1. The zero-order valence-electron chi connectivity index (χ0n) is 15.9. The standard InChI is InChI=1S/C19H30N2O4S/c1-16(2)21(14-17-8-5-4-6-9-17)19(22)11-12-20(26(3,23)24)15-18-10-7-13-25-18/h4-6,8-9,16,18H,7,10-15H2,1-3H3. The molecule has 1 aromatic carbocycles. The first kappa shape index (κ1) is 20.9. The van der Waals surface area contributed by atoms with Crippen molar-refractivity contribution in [2.24, 2.45) is 0 Å². The lowest BCUT2D eigenvalue weighted by molar-refractivity contribution is -0.133. The molecule has 0 aliphatic carbocycles. The topological polar surface area (TPSA) is 66.9 Å². The van der Waals surface area contributed by atoms with E-state index in [1.165, 1.54) is 10.6 Å². The molecular weight excluding hydrogens is 352 g/mol. The molecule has 2 rings (SSSR count). The van der Waals surface area contributed by atoms with E-state index >= 15 is 0 Å². The fourth-order valence-electron chi connectivity index (χ4n) is 3.11. The van der Waals surface area contributed by atoms with Crippen LogP contribution in [0.1, 0.15) is 38.7 Å². The molecule has 1 unspecified atom stereocenters. The molecule has 0 radical (unpaired) electrons. The summed E-state index contributed by atoms with van der Waals surface area (Å²) in [4.78, 5) is 14.5. The number of sulfonamides is 1. The van der Waals surface area contributed by atoms with Crippen molar-refractivity contribution in [1.29, 1.82) is 0 Å². The van der Waals surface area contributed by atoms with Crippen molar-refractivity contribution in [1.82, 2.24) is 9.21 Å². The molecule has 146 valence electrons. The van der Waals surface area contributed by atoms with Gasteiger partial charge < -0.3 is 9.64 Å². The van der Waals surface area contributed by atoms with Gasteiger partial charge in [0, 0.05) is 38.7 Å². The molecule has 0 spiro atoms. The highest BCUT2D eigenvalue weighted by molar-refractivity contribution is 7.88. The Labute approximate surface area is 157 Å². The Morgan fingerprint density at radius 3 is 2.50 bits per heavy atom. The number of carbonyl (C=O) groups is 1. The number of hydrogen-bond donors (Lipinski definition) is 0. The molecule has 0 aromatic heterocycles. The van der Waals surface area contributed by atoms with Crippen LogP contribution in [-0.2, 0) is 26.1 Å². The zero-order valence-corrected chi connectivity index (χ0v) is 16.7. The van der Waals surface area contributed by atoms with Crippen molar-refractivity contribution < 1.29 is 17.9 Å². The van der Waals surface area contributed by atoms with Crippen molar-refractivity contribution in [2.75, 3.05) is 26.0 Å². The molecule has 1 aliphatic heterocycles. The second-order valence-corrected chi connectivity index (χ2v) is 9.09. The number of nitrogens with zero attached hydrogens (tertiary/aromatic N) is 2. The molecule has 1 atom stereocenters. The second-order valence-electron chi connectivity index (χ2n) is 7.11. The highest BCUT2D eigenvalue weighted by Gasteiger charge is 2.26. The Bertz CT molecular complexity index is 670. The van der Waals surface area contributed by atoms with Crippen molar-refractivity contribution in [3.63, 3.8) is 0 Å². The lowest BCUT2D eigenvalue weighted by atomic mass is 10.1. The van der Waals surface area contributed by atoms with Gasteiger partial charge in [-0.1, -0.05) is 30.3 Å². The maximum absolute atomic E-state index is 12.7. The maximum atomic E-state index is 12.7. The quantitative estimate of drug-likeness (QED) is 0.657. The van der Waals surface area contributed by atoms with Gasteiger partial charge in [-0.2, -0.15) is 4.31 Å². The molecule has 1 aliphatic rings. The van der Waals surface area contributed by atoms with E-state index in [4.69, 9.17) is 4.74 Å². The van der Waals surface area contributed by atoms with Crippen LogP contribution in [0.2, 0.25) is 0 Å². The van der Waals surface area contributed by atoms with Crippen molar-refractivity contribution in [2.45, 2.75) is 51.8 Å². The fraction of sp³-hybridized carbons (Fsp3) is 0.632. The molecular formula is C19H30N2O4S. The number of benzene rings is 1. The van der Waals surface area contributed by atoms with Gasteiger partial charge in [0.05, 0.1) is 12.4 Å². The number of hydrogen-bond acceptors (Lipinski definition) is 4. The minimum Gasteiger partial charge on any atom is -0.377 e. The van der Waals surface area contributed by atoms with Crippen LogP contribution in [0.5, 0.6) is 0 Å². The summed E-state index contributed by atoms with van der Waals surface area (Å²) >= 11 is 0. The first-order valence-corrected chi connectivity index (χ1v) is 11.0. The van der Waals surface area contributed by atoms with Gasteiger partial charge in [0.25, 0.3) is 0 Å². The molecule has 0 saturated carbocycles. The molecule has 26 heavy (non-hydrogen) atoms. The maximum Gasteiger partial charge on any atom is 0.224 e. The third-order valence-electron chi connectivity index (χ3n) is 4.61. The van der Waals surface area contributed by atoms with E-state index in [9.17, 15) is 13.2 Å². The predicted molar refractivity (Wildman–Crippen MR) is 102 cm³/mol. The van der Waals surface area contributed by atoms with Crippen molar-refractivity contribution in [3.8, 4) is 0 Å². The molecule has 6 nitrogen and oxygen atoms in total. The van der Waals surface area contributed by atoms with E-state index < -0.39 is 10.0 Å². The summed E-state index contributed by atoms with van der Waals surface area (Å²) in [5.41, 5.74) is 1.06. The molecule has 1 fully saturated rings. The van der Waals surface area contributed by atoms with Crippen LogP contribution in [0, 0.1) is 0 Å². The van der Waals surface area contributed by atoms with Crippen molar-refractivity contribution in [3.05, 3.63) is 35.9 Å². The van der Waals surface area contributed by atoms with Gasteiger partial charge in [0.15, 0.2) is 0 Å². The van der Waals surface area contributed by atoms with E-state index in [1.54, 1.807) is 4.90 Å². The van der Waals surface area contributed by atoms with Crippen LogP contribution in [0.3, 0.4) is 0 Å². The van der Waals surface area contributed by atoms with Gasteiger partial charge in [-0.05, 0) is 32.3 Å². The van der Waals surface area contributed by atoms with E-state index in [1.807, 2.05) is 44.2 Å². The average Bonchev–Trinajstić information content (AvgIpc) is 3.09. The van der Waals surface area contributed by atoms with E-state index in [0.717, 1.165) is 18.4 Å². The first-order chi connectivity index (χ1) is 12.3. The summed E-state index contributed by atoms with van der Waals surface area (Å²) in [5, 5.41) is 0. The van der Waals surface area contributed by atoms with Crippen LogP contribution in [0.15, 0.2) is 30.3 Å². The Hall–Kier alpha value is -1.44. The molecule has 1 saturated heterocycles. The van der Waals surface area contributed by atoms with E-state index in [2.05, 4.69) is 0 Å². The molecule has 1 heterocycles. The molecule has 7 heteroatoms. The van der Waals surface area contributed by atoms with Crippen molar-refractivity contribution >= 4 is 15.9 Å². The van der Waals surface area contributed by atoms with Gasteiger partial charge in [-0.3, -0.25) is 4.79 Å².